The molecule has 2 aliphatic rings. The third-order valence-electron chi connectivity index (χ3n) is 5.63. The summed E-state index contributed by atoms with van der Waals surface area (Å²) in [6.07, 6.45) is 0.711. The zero-order valence-electron chi connectivity index (χ0n) is 16.4. The molecule has 1 amide bonds. The first-order valence-electron chi connectivity index (χ1n) is 9.92. The number of hydrogen-bond donors (Lipinski definition) is 1. The highest BCUT2D eigenvalue weighted by molar-refractivity contribution is 6.51. The standard InChI is InChI=1S/C25H18FNO4/c26-18-7-9-19(10-8-18)27-22(15-4-2-1-3-5-15)21(24(29)25(27)30)23(28)17-6-11-20-16(14-17)12-13-31-20/h1-11,14,22,28H,12-13H2/b23-21-. The van der Waals surface area contributed by atoms with E-state index >= 15 is 0 Å². The van der Waals surface area contributed by atoms with Crippen molar-refractivity contribution >= 4 is 23.1 Å². The number of carbonyl (C=O) groups is 2. The fourth-order valence-corrected chi connectivity index (χ4v) is 4.14. The average molecular weight is 415 g/mol. The van der Waals surface area contributed by atoms with Crippen molar-refractivity contribution in [1.29, 1.82) is 0 Å². The van der Waals surface area contributed by atoms with E-state index < -0.39 is 23.5 Å². The van der Waals surface area contributed by atoms with E-state index in [9.17, 15) is 19.1 Å². The molecule has 5 nitrogen and oxygen atoms in total. The molecular weight excluding hydrogens is 397 g/mol. The Morgan fingerprint density at radius 3 is 2.48 bits per heavy atom. The van der Waals surface area contributed by atoms with Crippen LogP contribution >= 0.6 is 0 Å². The molecule has 1 unspecified atom stereocenters. The van der Waals surface area contributed by atoms with Crippen LogP contribution in [0.2, 0.25) is 0 Å². The SMILES string of the molecule is O=C1C(=O)N(c2ccc(F)cc2)C(c2ccccc2)/C1=C(/O)c1ccc2c(c1)CCO2. The van der Waals surface area contributed by atoms with Crippen LogP contribution in [0.15, 0.2) is 78.4 Å². The van der Waals surface area contributed by atoms with Gasteiger partial charge in [-0.05, 0) is 53.6 Å². The van der Waals surface area contributed by atoms with E-state index in [1.165, 1.54) is 29.2 Å². The molecule has 1 atom stereocenters. The molecule has 6 heteroatoms. The van der Waals surface area contributed by atoms with Crippen molar-refractivity contribution in [3.05, 3.63) is 101 Å². The van der Waals surface area contributed by atoms with Gasteiger partial charge in [-0.25, -0.2) is 4.39 Å². The molecule has 0 aromatic heterocycles. The summed E-state index contributed by atoms with van der Waals surface area (Å²) in [6.45, 7) is 0.568. The molecule has 154 valence electrons. The van der Waals surface area contributed by atoms with E-state index in [0.717, 1.165) is 11.3 Å². The van der Waals surface area contributed by atoms with E-state index in [4.69, 9.17) is 4.74 Å². The van der Waals surface area contributed by atoms with Crippen LogP contribution in [0.1, 0.15) is 22.7 Å². The van der Waals surface area contributed by atoms with Gasteiger partial charge >= 0.3 is 0 Å². The molecule has 0 aliphatic carbocycles. The number of hydrogen-bond acceptors (Lipinski definition) is 4. The number of aliphatic hydroxyl groups excluding tert-OH is 1. The van der Waals surface area contributed by atoms with Crippen molar-refractivity contribution in [1.82, 2.24) is 0 Å². The molecular formula is C25H18FNO4. The van der Waals surface area contributed by atoms with Gasteiger partial charge in [0.2, 0.25) is 0 Å². The van der Waals surface area contributed by atoms with Gasteiger partial charge in [0.15, 0.2) is 0 Å². The zero-order chi connectivity index (χ0) is 21.5. The quantitative estimate of drug-likeness (QED) is 0.392. The van der Waals surface area contributed by atoms with Crippen LogP contribution in [0.5, 0.6) is 5.75 Å². The molecule has 3 aromatic carbocycles. The second-order valence-corrected chi connectivity index (χ2v) is 7.48. The number of carbonyl (C=O) groups excluding carboxylic acids is 2. The van der Waals surface area contributed by atoms with Gasteiger partial charge in [-0.2, -0.15) is 0 Å². The Morgan fingerprint density at radius 2 is 1.74 bits per heavy atom. The summed E-state index contributed by atoms with van der Waals surface area (Å²) in [5.74, 6) is -1.50. The summed E-state index contributed by atoms with van der Waals surface area (Å²) in [5.41, 5.74) is 2.42. The monoisotopic (exact) mass is 415 g/mol. The van der Waals surface area contributed by atoms with Gasteiger partial charge in [0.1, 0.15) is 17.3 Å². The number of aliphatic hydroxyl groups is 1. The van der Waals surface area contributed by atoms with Crippen molar-refractivity contribution < 1.29 is 23.8 Å². The van der Waals surface area contributed by atoms with E-state index in [1.807, 2.05) is 6.07 Å². The number of ketones is 1. The number of ether oxygens (including phenoxy) is 1. The molecule has 2 aliphatic heterocycles. The first-order chi connectivity index (χ1) is 15.0. The van der Waals surface area contributed by atoms with Gasteiger partial charge < -0.3 is 9.84 Å². The number of amides is 1. The van der Waals surface area contributed by atoms with E-state index in [0.29, 0.717) is 29.8 Å². The first-order valence-corrected chi connectivity index (χ1v) is 9.92. The van der Waals surface area contributed by atoms with E-state index in [-0.39, 0.29) is 11.3 Å². The molecule has 0 spiro atoms. The molecule has 0 saturated carbocycles. The molecule has 0 bridgehead atoms. The van der Waals surface area contributed by atoms with Gasteiger partial charge in [-0.15, -0.1) is 0 Å². The predicted molar refractivity (Wildman–Crippen MR) is 113 cm³/mol. The van der Waals surface area contributed by atoms with E-state index in [1.54, 1.807) is 42.5 Å². The lowest BCUT2D eigenvalue weighted by atomic mass is 9.94. The molecule has 1 N–H and O–H groups in total. The third kappa shape index (κ3) is 3.17. The minimum absolute atomic E-state index is 0.000565. The van der Waals surface area contributed by atoms with Crippen LogP contribution in [0, 0.1) is 5.82 Å². The van der Waals surface area contributed by atoms with Gasteiger partial charge in [0.05, 0.1) is 18.2 Å². The zero-order valence-corrected chi connectivity index (χ0v) is 16.4. The number of anilines is 1. The number of nitrogens with zero attached hydrogens (tertiary/aromatic N) is 1. The minimum Gasteiger partial charge on any atom is -0.507 e. The number of Topliss-reactive ketones (excluding diaryl/α,β-unsaturated/α-hetero) is 1. The molecule has 1 saturated heterocycles. The maximum Gasteiger partial charge on any atom is 0.300 e. The Labute approximate surface area is 178 Å². The Morgan fingerprint density at radius 1 is 1.00 bits per heavy atom. The fourth-order valence-electron chi connectivity index (χ4n) is 4.14. The van der Waals surface area contributed by atoms with Crippen molar-refractivity contribution in [3.8, 4) is 5.75 Å². The highest BCUT2D eigenvalue weighted by Gasteiger charge is 2.47. The predicted octanol–water partition coefficient (Wildman–Crippen LogP) is 4.39. The molecule has 2 heterocycles. The lowest BCUT2D eigenvalue weighted by molar-refractivity contribution is -0.132. The lowest BCUT2D eigenvalue weighted by Gasteiger charge is -2.25. The third-order valence-corrected chi connectivity index (χ3v) is 5.63. The normalized spacial score (nSPS) is 19.4. The van der Waals surface area contributed by atoms with Gasteiger partial charge in [0, 0.05) is 17.7 Å². The van der Waals surface area contributed by atoms with Gasteiger partial charge in [0.25, 0.3) is 11.7 Å². The van der Waals surface area contributed by atoms with Crippen LogP contribution < -0.4 is 9.64 Å². The Balaban J connectivity index is 1.69. The van der Waals surface area contributed by atoms with Crippen molar-refractivity contribution in [2.24, 2.45) is 0 Å². The lowest BCUT2D eigenvalue weighted by Crippen LogP contribution is -2.29. The largest absolute Gasteiger partial charge is 0.507 e. The summed E-state index contributed by atoms with van der Waals surface area (Å²) < 4.78 is 19.0. The second kappa shape index (κ2) is 7.40. The highest BCUT2D eigenvalue weighted by atomic mass is 19.1. The molecule has 31 heavy (non-hydrogen) atoms. The number of benzene rings is 3. The summed E-state index contributed by atoms with van der Waals surface area (Å²) in [7, 11) is 0. The Hall–Kier alpha value is -3.93. The summed E-state index contributed by atoms with van der Waals surface area (Å²) >= 11 is 0. The smallest absolute Gasteiger partial charge is 0.300 e. The maximum absolute atomic E-state index is 13.5. The average Bonchev–Trinajstić information content (AvgIpc) is 3.37. The van der Waals surface area contributed by atoms with E-state index in [2.05, 4.69) is 0 Å². The van der Waals surface area contributed by atoms with Gasteiger partial charge in [-0.1, -0.05) is 30.3 Å². The number of fused-ring (bicyclic) bond motifs is 1. The van der Waals surface area contributed by atoms with Crippen LogP contribution in [0.3, 0.4) is 0 Å². The topological polar surface area (TPSA) is 66.8 Å². The van der Waals surface area contributed by atoms with Crippen LogP contribution in [0.25, 0.3) is 5.76 Å². The Bertz CT molecular complexity index is 1220. The van der Waals surface area contributed by atoms with Crippen molar-refractivity contribution in [2.75, 3.05) is 11.5 Å². The first kappa shape index (κ1) is 19.1. The second-order valence-electron chi connectivity index (χ2n) is 7.48. The van der Waals surface area contributed by atoms with Crippen LogP contribution in [-0.2, 0) is 16.0 Å². The number of rotatable bonds is 3. The highest BCUT2D eigenvalue weighted by Crippen LogP contribution is 2.42. The fraction of sp³-hybridized carbons (Fsp3) is 0.120. The van der Waals surface area contributed by atoms with Crippen LogP contribution in [-0.4, -0.2) is 23.4 Å². The molecule has 0 radical (unpaired) electrons. The molecule has 3 aromatic rings. The maximum atomic E-state index is 13.5. The minimum atomic E-state index is -0.837. The summed E-state index contributed by atoms with van der Waals surface area (Å²) in [6, 6.07) is 18.7. The molecule has 5 rings (SSSR count). The van der Waals surface area contributed by atoms with Crippen molar-refractivity contribution in [2.45, 2.75) is 12.5 Å². The Kier molecular flexibility index (Phi) is 4.55. The van der Waals surface area contributed by atoms with Crippen LogP contribution in [0.4, 0.5) is 10.1 Å². The van der Waals surface area contributed by atoms with Gasteiger partial charge in [-0.3, -0.25) is 14.5 Å². The van der Waals surface area contributed by atoms with Crippen molar-refractivity contribution in [3.63, 3.8) is 0 Å². The summed E-state index contributed by atoms with van der Waals surface area (Å²) in [4.78, 5) is 27.4. The summed E-state index contributed by atoms with van der Waals surface area (Å²) in [5, 5.41) is 11.2. The number of halogens is 1. The molecule has 1 fully saturated rings.